The molecule has 2 rings (SSSR count). The second-order valence-electron chi connectivity index (χ2n) is 7.48. The van der Waals surface area contributed by atoms with E-state index in [0.29, 0.717) is 24.9 Å². The van der Waals surface area contributed by atoms with Crippen LogP contribution in [-0.4, -0.2) is 36.0 Å². The van der Waals surface area contributed by atoms with Gasteiger partial charge in [-0.1, -0.05) is 32.0 Å². The quantitative estimate of drug-likeness (QED) is 0.746. The molecule has 0 unspecified atom stereocenters. The smallest absolute Gasteiger partial charge is 0.310 e. The van der Waals surface area contributed by atoms with Gasteiger partial charge in [-0.2, -0.15) is 0 Å². The number of hydrogen-bond donors (Lipinski definition) is 2. The fourth-order valence-electron chi connectivity index (χ4n) is 3.50. The molecule has 0 heterocycles. The topological polar surface area (TPSA) is 86.7 Å². The van der Waals surface area contributed by atoms with E-state index in [4.69, 9.17) is 0 Å². The number of para-hydroxylation sites is 1. The Bertz CT molecular complexity index is 668. The maximum absolute atomic E-state index is 13.5. The van der Waals surface area contributed by atoms with Crippen molar-refractivity contribution in [2.24, 2.45) is 17.3 Å². The van der Waals surface area contributed by atoms with Gasteiger partial charge in [0, 0.05) is 12.7 Å². The lowest BCUT2D eigenvalue weighted by molar-refractivity contribution is -0.149. The highest BCUT2D eigenvalue weighted by Gasteiger charge is 2.59. The van der Waals surface area contributed by atoms with Crippen LogP contribution in [-0.2, 0) is 14.4 Å². The molecule has 1 aliphatic carbocycles. The number of rotatable bonds is 8. The van der Waals surface area contributed by atoms with Gasteiger partial charge in [-0.3, -0.25) is 19.3 Å². The van der Waals surface area contributed by atoms with E-state index in [1.807, 2.05) is 19.9 Å². The molecule has 1 saturated carbocycles. The van der Waals surface area contributed by atoms with Crippen molar-refractivity contribution in [1.82, 2.24) is 5.32 Å². The van der Waals surface area contributed by atoms with Crippen molar-refractivity contribution in [2.45, 2.75) is 46.1 Å². The Kier molecular flexibility index (Phi) is 6.05. The molecule has 2 N–H and O–H groups in total. The van der Waals surface area contributed by atoms with Crippen LogP contribution in [0.4, 0.5) is 5.69 Å². The molecule has 2 amide bonds. The zero-order valence-electron chi connectivity index (χ0n) is 15.9. The van der Waals surface area contributed by atoms with Crippen LogP contribution < -0.4 is 10.2 Å². The number of hydrogen-bond acceptors (Lipinski definition) is 3. The van der Waals surface area contributed by atoms with Crippen LogP contribution in [0, 0.1) is 17.3 Å². The average Bonchev–Trinajstić information content (AvgIpc) is 3.41. The minimum absolute atomic E-state index is 0.175. The van der Waals surface area contributed by atoms with E-state index >= 15 is 0 Å². The highest BCUT2D eigenvalue weighted by Crippen LogP contribution is 2.55. The summed E-state index contributed by atoms with van der Waals surface area (Å²) in [6.07, 6.45) is 1.49. The first-order valence-electron chi connectivity index (χ1n) is 9.07. The van der Waals surface area contributed by atoms with Crippen LogP contribution in [0.3, 0.4) is 0 Å². The molecule has 1 fully saturated rings. The number of amides is 2. The van der Waals surface area contributed by atoms with Crippen LogP contribution in [0.5, 0.6) is 0 Å². The van der Waals surface area contributed by atoms with Gasteiger partial charge in [-0.25, -0.2) is 0 Å². The molecule has 0 aliphatic heterocycles. The van der Waals surface area contributed by atoms with E-state index in [2.05, 4.69) is 5.32 Å². The highest BCUT2D eigenvalue weighted by molar-refractivity contribution is 6.03. The maximum Gasteiger partial charge on any atom is 0.310 e. The highest BCUT2D eigenvalue weighted by atomic mass is 16.4. The SMILES string of the molecule is CNC(=O)[C@H](C)N(C(=O)[C@H](CC(C)C)C1(C(=O)O)CC1)c1ccccc1. The van der Waals surface area contributed by atoms with Crippen molar-refractivity contribution < 1.29 is 19.5 Å². The summed E-state index contributed by atoms with van der Waals surface area (Å²) in [5, 5.41) is 12.3. The average molecular weight is 360 g/mol. The van der Waals surface area contributed by atoms with Gasteiger partial charge < -0.3 is 10.4 Å². The number of carboxylic acid groups (broad SMARTS) is 1. The van der Waals surface area contributed by atoms with E-state index in [0.717, 1.165) is 0 Å². The van der Waals surface area contributed by atoms with Crippen LogP contribution in [0.25, 0.3) is 0 Å². The maximum atomic E-state index is 13.5. The first-order valence-corrected chi connectivity index (χ1v) is 9.07. The minimum Gasteiger partial charge on any atom is -0.481 e. The number of carbonyl (C=O) groups is 3. The summed E-state index contributed by atoms with van der Waals surface area (Å²) >= 11 is 0. The number of carbonyl (C=O) groups excluding carboxylic acids is 2. The van der Waals surface area contributed by atoms with Gasteiger partial charge in [0.15, 0.2) is 0 Å². The number of carboxylic acids is 1. The molecule has 0 spiro atoms. The number of anilines is 1. The molecular formula is C20H28N2O4. The van der Waals surface area contributed by atoms with Crippen molar-refractivity contribution in [2.75, 3.05) is 11.9 Å². The molecule has 0 bridgehead atoms. The molecule has 6 nitrogen and oxygen atoms in total. The van der Waals surface area contributed by atoms with Crippen LogP contribution in [0.1, 0.15) is 40.0 Å². The molecule has 26 heavy (non-hydrogen) atoms. The van der Waals surface area contributed by atoms with E-state index < -0.39 is 23.3 Å². The monoisotopic (exact) mass is 360 g/mol. The molecule has 1 aromatic carbocycles. The zero-order valence-corrected chi connectivity index (χ0v) is 15.9. The van der Waals surface area contributed by atoms with Crippen molar-refractivity contribution in [3.63, 3.8) is 0 Å². The van der Waals surface area contributed by atoms with Crippen LogP contribution in [0.15, 0.2) is 30.3 Å². The van der Waals surface area contributed by atoms with Gasteiger partial charge in [0.1, 0.15) is 6.04 Å². The van der Waals surface area contributed by atoms with Crippen molar-refractivity contribution in [3.05, 3.63) is 30.3 Å². The van der Waals surface area contributed by atoms with Gasteiger partial charge in [-0.15, -0.1) is 0 Å². The third-order valence-electron chi connectivity index (χ3n) is 5.17. The standard InChI is InChI=1S/C20H28N2O4/c1-13(2)12-16(20(10-11-20)19(25)26)18(24)22(14(3)17(23)21-4)15-8-6-5-7-9-15/h5-9,13-14,16H,10-12H2,1-4H3,(H,21,23)(H,25,26)/t14-,16-/m0/s1. The summed E-state index contributed by atoms with van der Waals surface area (Å²) < 4.78 is 0. The van der Waals surface area contributed by atoms with Gasteiger partial charge in [0.2, 0.25) is 11.8 Å². The summed E-state index contributed by atoms with van der Waals surface area (Å²) in [4.78, 5) is 39.1. The second-order valence-corrected chi connectivity index (χ2v) is 7.48. The molecule has 1 aromatic rings. The number of nitrogens with zero attached hydrogens (tertiary/aromatic N) is 1. The van der Waals surface area contributed by atoms with E-state index in [1.54, 1.807) is 31.2 Å². The van der Waals surface area contributed by atoms with Gasteiger partial charge in [-0.05, 0) is 44.2 Å². The van der Waals surface area contributed by atoms with Crippen LogP contribution >= 0.6 is 0 Å². The lowest BCUT2D eigenvalue weighted by atomic mass is 9.81. The Balaban J connectivity index is 2.45. The largest absolute Gasteiger partial charge is 0.481 e. The first-order chi connectivity index (χ1) is 12.2. The Morgan fingerprint density at radius 3 is 2.15 bits per heavy atom. The van der Waals surface area contributed by atoms with Crippen LogP contribution in [0.2, 0.25) is 0 Å². The molecule has 2 atom stereocenters. The Labute approximate surface area is 154 Å². The summed E-state index contributed by atoms with van der Waals surface area (Å²) in [6, 6.07) is 8.24. The predicted molar refractivity (Wildman–Crippen MR) is 99.7 cm³/mol. The lowest BCUT2D eigenvalue weighted by Crippen LogP contribution is -2.52. The number of likely N-dealkylation sites (N-methyl/N-ethyl adjacent to an activating group) is 1. The summed E-state index contributed by atoms with van der Waals surface area (Å²) in [5.74, 6) is -1.97. The van der Waals surface area contributed by atoms with Crippen molar-refractivity contribution >= 4 is 23.5 Å². The molecule has 0 radical (unpaired) electrons. The first kappa shape index (κ1) is 19.9. The molecular weight excluding hydrogens is 332 g/mol. The molecule has 6 heteroatoms. The fourth-order valence-corrected chi connectivity index (χ4v) is 3.50. The van der Waals surface area contributed by atoms with Gasteiger partial charge >= 0.3 is 5.97 Å². The minimum atomic E-state index is -1.00. The Morgan fingerprint density at radius 2 is 1.73 bits per heavy atom. The third-order valence-corrected chi connectivity index (χ3v) is 5.17. The molecule has 0 aromatic heterocycles. The summed E-state index contributed by atoms with van der Waals surface area (Å²) in [6.45, 7) is 5.62. The van der Waals surface area contributed by atoms with E-state index in [9.17, 15) is 19.5 Å². The van der Waals surface area contributed by atoms with Crippen molar-refractivity contribution in [1.29, 1.82) is 0 Å². The zero-order chi connectivity index (χ0) is 19.5. The lowest BCUT2D eigenvalue weighted by Gasteiger charge is -2.34. The van der Waals surface area contributed by atoms with E-state index in [1.165, 1.54) is 11.9 Å². The number of aliphatic carboxylic acids is 1. The van der Waals surface area contributed by atoms with E-state index in [-0.39, 0.29) is 17.7 Å². The van der Waals surface area contributed by atoms with Gasteiger partial charge in [0.25, 0.3) is 0 Å². The van der Waals surface area contributed by atoms with Crippen molar-refractivity contribution in [3.8, 4) is 0 Å². The Hall–Kier alpha value is -2.37. The third kappa shape index (κ3) is 3.89. The second kappa shape index (κ2) is 7.89. The summed E-state index contributed by atoms with van der Waals surface area (Å²) in [5.41, 5.74) is -0.403. The number of nitrogens with one attached hydrogen (secondary N) is 1. The molecule has 1 aliphatic rings. The summed E-state index contributed by atoms with van der Waals surface area (Å²) in [7, 11) is 1.53. The fraction of sp³-hybridized carbons (Fsp3) is 0.550. The normalized spacial score (nSPS) is 17.3. The van der Waals surface area contributed by atoms with Gasteiger partial charge in [0.05, 0.1) is 11.3 Å². The number of benzene rings is 1. The predicted octanol–water partition coefficient (Wildman–Crippen LogP) is 2.68. The Morgan fingerprint density at radius 1 is 1.15 bits per heavy atom. The molecule has 0 saturated heterocycles. The molecule has 142 valence electrons.